The van der Waals surface area contributed by atoms with Gasteiger partial charge in [-0.15, -0.1) is 0 Å². The Morgan fingerprint density at radius 2 is 2.20 bits per heavy atom. The largest absolute Gasteiger partial charge is 0.357 e. The van der Waals surface area contributed by atoms with Gasteiger partial charge in [-0.3, -0.25) is 4.79 Å². The van der Waals surface area contributed by atoms with Crippen molar-refractivity contribution in [2.24, 2.45) is 0 Å². The van der Waals surface area contributed by atoms with Crippen molar-refractivity contribution >= 4 is 13.8 Å². The summed E-state index contributed by atoms with van der Waals surface area (Å²) in [7, 11) is 0.987. The molecule has 0 fully saturated rings. The number of nitrogens with zero attached hydrogens (tertiary/aromatic N) is 1. The van der Waals surface area contributed by atoms with E-state index < -0.39 is 17.5 Å². The van der Waals surface area contributed by atoms with E-state index in [-0.39, 0.29) is 11.4 Å². The van der Waals surface area contributed by atoms with E-state index in [1.165, 1.54) is 6.92 Å². The number of rotatable bonds is 2. The van der Waals surface area contributed by atoms with Crippen LogP contribution < -0.4 is 5.32 Å². The molecule has 1 aromatic rings. The molecule has 0 aromatic carbocycles. The second-order valence-corrected chi connectivity index (χ2v) is 3.24. The average molecular weight is 212 g/mol. The van der Waals surface area contributed by atoms with Crippen LogP contribution >= 0.6 is 0 Å². The zero-order valence-electron chi connectivity index (χ0n) is 8.28. The number of carbonyl (C=O) groups is 1. The predicted molar refractivity (Wildman–Crippen MR) is 52.1 cm³/mol. The summed E-state index contributed by atoms with van der Waals surface area (Å²) in [4.78, 5) is 15.0. The van der Waals surface area contributed by atoms with E-state index >= 15 is 0 Å². The molecule has 0 unspecified atom stereocenters. The highest BCUT2D eigenvalue weighted by Crippen LogP contribution is 2.04. The number of aryl methyl sites for hydroxylation is 1. The molecule has 1 heterocycles. The lowest BCUT2D eigenvalue weighted by molar-refractivity contribution is -0.102. The van der Waals surface area contributed by atoms with E-state index in [1.54, 1.807) is 0 Å². The van der Waals surface area contributed by atoms with Crippen molar-refractivity contribution in [2.45, 2.75) is 12.7 Å². The van der Waals surface area contributed by atoms with Crippen LogP contribution in [0.1, 0.15) is 16.2 Å². The number of hydrogen-bond donors (Lipinski definition) is 3. The van der Waals surface area contributed by atoms with Crippen molar-refractivity contribution in [3.8, 4) is 0 Å². The number of amides is 1. The van der Waals surface area contributed by atoms with Crippen LogP contribution in [0, 0.1) is 12.7 Å². The molecule has 1 rings (SSSR count). The minimum absolute atomic E-state index is 0.0697. The van der Waals surface area contributed by atoms with Gasteiger partial charge in [0.2, 0.25) is 7.85 Å². The molecule has 0 aliphatic rings. The lowest BCUT2D eigenvalue weighted by atomic mass is 10.0. The number of aromatic nitrogens is 1. The van der Waals surface area contributed by atoms with Crippen molar-refractivity contribution < 1.29 is 19.4 Å². The Labute approximate surface area is 86.4 Å². The Morgan fingerprint density at radius 1 is 1.60 bits per heavy atom. The summed E-state index contributed by atoms with van der Waals surface area (Å²) >= 11 is 0. The first-order chi connectivity index (χ1) is 6.79. The molecule has 0 saturated carbocycles. The van der Waals surface area contributed by atoms with Crippen LogP contribution in [0.15, 0.2) is 12.1 Å². The van der Waals surface area contributed by atoms with Gasteiger partial charge in [-0.25, -0.2) is 9.37 Å². The van der Waals surface area contributed by atoms with E-state index in [2.05, 4.69) is 4.98 Å². The van der Waals surface area contributed by atoms with Crippen LogP contribution in [0.25, 0.3) is 0 Å². The van der Waals surface area contributed by atoms with Crippen LogP contribution in [0.5, 0.6) is 0 Å². The zero-order chi connectivity index (χ0) is 11.6. The predicted octanol–water partition coefficient (Wildman–Crippen LogP) is -1.51. The first-order valence-corrected chi connectivity index (χ1v) is 4.20. The lowest BCUT2D eigenvalue weighted by Crippen LogP contribution is -2.49. The maximum Gasteiger partial charge on any atom is 0.273 e. The van der Waals surface area contributed by atoms with Crippen molar-refractivity contribution in [1.29, 1.82) is 0 Å². The Bertz CT molecular complexity index is 392. The minimum Gasteiger partial charge on any atom is -0.357 e. The highest BCUT2D eigenvalue weighted by atomic mass is 19.1. The molecule has 80 valence electrons. The zero-order valence-corrected chi connectivity index (χ0v) is 8.28. The van der Waals surface area contributed by atoms with Crippen LogP contribution in [0.2, 0.25) is 0 Å². The second kappa shape index (κ2) is 3.96. The molecule has 0 spiro atoms. The van der Waals surface area contributed by atoms with Gasteiger partial charge >= 0.3 is 0 Å². The Kier molecular flexibility index (Phi) is 3.06. The third-order valence-corrected chi connectivity index (χ3v) is 1.60. The second-order valence-electron chi connectivity index (χ2n) is 3.24. The standard InChI is InChI=1S/C8H10BFN2O3/c1-4-5(10)2-3-6(11-4)7(13)12-8(9,14)15/h2-3,14-15H,9H2,1H3,(H,12,13). The highest BCUT2D eigenvalue weighted by molar-refractivity contribution is 6.14. The fourth-order valence-electron chi connectivity index (χ4n) is 0.950. The summed E-state index contributed by atoms with van der Waals surface area (Å²) in [5.41, 5.74) is -0.0107. The minimum atomic E-state index is -2.32. The van der Waals surface area contributed by atoms with Gasteiger partial charge in [-0.05, 0) is 19.1 Å². The average Bonchev–Trinajstić information content (AvgIpc) is 2.06. The van der Waals surface area contributed by atoms with Gasteiger partial charge in [0.15, 0.2) is 5.81 Å². The van der Waals surface area contributed by atoms with E-state index in [9.17, 15) is 9.18 Å². The number of carbonyl (C=O) groups excluding carboxylic acids is 1. The van der Waals surface area contributed by atoms with Gasteiger partial charge in [0.1, 0.15) is 11.5 Å². The third-order valence-electron chi connectivity index (χ3n) is 1.60. The highest BCUT2D eigenvalue weighted by Gasteiger charge is 2.20. The molecule has 0 bridgehead atoms. The van der Waals surface area contributed by atoms with Gasteiger partial charge in [0.25, 0.3) is 5.91 Å². The first kappa shape index (κ1) is 11.6. The monoisotopic (exact) mass is 212 g/mol. The SMILES string of the molecule is BC(O)(O)NC(=O)c1ccc(F)c(C)n1. The maximum absolute atomic E-state index is 12.8. The quantitative estimate of drug-likeness (QED) is 0.411. The summed E-state index contributed by atoms with van der Waals surface area (Å²) < 4.78 is 12.8. The van der Waals surface area contributed by atoms with E-state index in [0.29, 0.717) is 0 Å². The molecule has 0 aliphatic heterocycles. The molecule has 0 saturated heterocycles. The molecule has 1 amide bonds. The summed E-state index contributed by atoms with van der Waals surface area (Å²) in [6.45, 7) is 1.41. The van der Waals surface area contributed by atoms with Crippen molar-refractivity contribution in [3.63, 3.8) is 0 Å². The first-order valence-electron chi connectivity index (χ1n) is 4.20. The number of nitrogens with one attached hydrogen (secondary N) is 1. The van der Waals surface area contributed by atoms with Crippen LogP contribution in [0.4, 0.5) is 4.39 Å². The molecule has 15 heavy (non-hydrogen) atoms. The molecular formula is C8H10BFN2O3. The molecule has 7 heteroatoms. The lowest BCUT2D eigenvalue weighted by Gasteiger charge is -2.17. The van der Waals surface area contributed by atoms with Gasteiger partial charge < -0.3 is 15.5 Å². The third kappa shape index (κ3) is 3.30. The molecule has 1 aromatic heterocycles. The summed E-state index contributed by atoms with van der Waals surface area (Å²) in [6.07, 6.45) is 0. The molecule has 5 nitrogen and oxygen atoms in total. The smallest absolute Gasteiger partial charge is 0.273 e. The normalized spacial score (nSPS) is 11.2. The molecule has 0 atom stereocenters. The van der Waals surface area contributed by atoms with Crippen molar-refractivity contribution in [2.75, 3.05) is 0 Å². The van der Waals surface area contributed by atoms with Gasteiger partial charge in [-0.2, -0.15) is 0 Å². The fraction of sp³-hybridized carbons (Fsp3) is 0.250. The summed E-state index contributed by atoms with van der Waals surface area (Å²) in [5.74, 6) is -3.63. The van der Waals surface area contributed by atoms with Crippen molar-refractivity contribution in [3.05, 3.63) is 29.3 Å². The number of pyridine rings is 1. The maximum atomic E-state index is 12.8. The van der Waals surface area contributed by atoms with E-state index in [1.807, 2.05) is 5.32 Å². The Morgan fingerprint density at radius 3 is 2.67 bits per heavy atom. The van der Waals surface area contributed by atoms with Gasteiger partial charge in [-0.1, -0.05) is 0 Å². The van der Waals surface area contributed by atoms with Gasteiger partial charge in [0, 0.05) is 0 Å². The Hall–Kier alpha value is -1.47. The molecule has 0 radical (unpaired) electrons. The molecular weight excluding hydrogens is 202 g/mol. The number of aliphatic hydroxyl groups is 2. The van der Waals surface area contributed by atoms with E-state index in [0.717, 1.165) is 20.0 Å². The van der Waals surface area contributed by atoms with E-state index in [4.69, 9.17) is 10.2 Å². The molecule has 3 N–H and O–H groups in total. The summed E-state index contributed by atoms with van der Waals surface area (Å²) in [6, 6.07) is 2.24. The fourth-order valence-corrected chi connectivity index (χ4v) is 0.950. The Balaban J connectivity index is 2.88. The van der Waals surface area contributed by atoms with Crippen LogP contribution in [0.3, 0.4) is 0 Å². The van der Waals surface area contributed by atoms with Crippen LogP contribution in [-0.2, 0) is 0 Å². The van der Waals surface area contributed by atoms with Crippen molar-refractivity contribution in [1.82, 2.24) is 10.3 Å². The number of hydrogen-bond acceptors (Lipinski definition) is 4. The number of halogens is 1. The molecule has 0 aliphatic carbocycles. The van der Waals surface area contributed by atoms with Gasteiger partial charge in [0.05, 0.1) is 5.69 Å². The van der Waals surface area contributed by atoms with Crippen LogP contribution in [-0.4, -0.2) is 34.8 Å². The summed E-state index contributed by atoms with van der Waals surface area (Å²) in [5, 5.41) is 19.7. The topological polar surface area (TPSA) is 82.5 Å².